The van der Waals surface area contributed by atoms with E-state index in [9.17, 15) is 14.7 Å². The number of amides is 2. The van der Waals surface area contributed by atoms with Crippen LogP contribution in [0.2, 0.25) is 0 Å². The van der Waals surface area contributed by atoms with Crippen LogP contribution in [0.15, 0.2) is 18.2 Å². The lowest BCUT2D eigenvalue weighted by Gasteiger charge is -2.44. The van der Waals surface area contributed by atoms with Gasteiger partial charge in [-0.3, -0.25) is 9.59 Å². The minimum atomic E-state index is -0.801. The topological polar surface area (TPSA) is 60.9 Å². The average Bonchev–Trinajstić information content (AvgIpc) is 2.75. The molecule has 1 N–H and O–H groups in total. The number of anilines is 1. The molecule has 22 heavy (non-hydrogen) atoms. The Balaban J connectivity index is 1.73. The number of carbonyl (C=O) groups is 2. The Labute approximate surface area is 130 Å². The molecule has 0 aliphatic carbocycles. The Bertz CT molecular complexity index is 611. The summed E-state index contributed by atoms with van der Waals surface area (Å²) < 4.78 is 0. The van der Waals surface area contributed by atoms with Crippen LogP contribution < -0.4 is 4.90 Å². The van der Waals surface area contributed by atoms with Crippen LogP contribution in [-0.2, 0) is 9.59 Å². The molecule has 0 radical (unpaired) electrons. The monoisotopic (exact) mass is 302 g/mol. The summed E-state index contributed by atoms with van der Waals surface area (Å²) in [4.78, 5) is 28.3. The Morgan fingerprint density at radius 1 is 1.23 bits per heavy atom. The number of carbonyl (C=O) groups excluding carboxylic acids is 2. The predicted octanol–water partition coefficient (Wildman–Crippen LogP) is 1.25. The van der Waals surface area contributed by atoms with Gasteiger partial charge in [-0.2, -0.15) is 0 Å². The normalized spacial score (nSPS) is 23.6. The molecule has 2 fully saturated rings. The lowest BCUT2D eigenvalue weighted by atomic mass is 9.94. The van der Waals surface area contributed by atoms with E-state index in [-0.39, 0.29) is 11.8 Å². The highest BCUT2D eigenvalue weighted by Gasteiger charge is 2.46. The van der Waals surface area contributed by atoms with Crippen molar-refractivity contribution in [3.63, 3.8) is 0 Å². The minimum absolute atomic E-state index is 0.124. The van der Waals surface area contributed by atoms with Crippen molar-refractivity contribution in [1.29, 1.82) is 0 Å². The molecule has 0 bridgehead atoms. The number of β-amino-alcohol motifs (C(OH)–C–C–N with tert-alkyl or cyclic N) is 1. The maximum Gasteiger partial charge on any atom is 0.239 e. The predicted molar refractivity (Wildman–Crippen MR) is 83.6 cm³/mol. The fourth-order valence-corrected chi connectivity index (χ4v) is 3.42. The van der Waals surface area contributed by atoms with Gasteiger partial charge in [0, 0.05) is 12.2 Å². The summed E-state index contributed by atoms with van der Waals surface area (Å²) in [5.74, 6) is -0.873. The van der Waals surface area contributed by atoms with E-state index in [1.807, 2.05) is 26.0 Å². The van der Waals surface area contributed by atoms with Gasteiger partial charge in [0.2, 0.25) is 11.8 Å². The van der Waals surface area contributed by atoms with Crippen LogP contribution in [0.5, 0.6) is 0 Å². The van der Waals surface area contributed by atoms with E-state index in [0.717, 1.165) is 16.8 Å². The number of rotatable bonds is 2. The third kappa shape index (κ3) is 2.61. The highest BCUT2D eigenvalue weighted by molar-refractivity contribution is 6.09. The van der Waals surface area contributed by atoms with Gasteiger partial charge in [0.15, 0.2) is 0 Å². The highest BCUT2D eigenvalue weighted by atomic mass is 16.3. The molecule has 5 heteroatoms. The van der Waals surface area contributed by atoms with Crippen LogP contribution >= 0.6 is 0 Å². The summed E-state index contributed by atoms with van der Waals surface area (Å²) in [6, 6.07) is 6.02. The molecule has 1 atom stereocenters. The van der Waals surface area contributed by atoms with Crippen LogP contribution in [0.25, 0.3) is 0 Å². The summed E-state index contributed by atoms with van der Waals surface area (Å²) in [6.07, 6.45) is 0.545. The molecule has 3 rings (SSSR count). The second-order valence-electron chi connectivity index (χ2n) is 6.87. The number of hydrogen-bond donors (Lipinski definition) is 1. The van der Waals surface area contributed by atoms with Crippen molar-refractivity contribution >= 4 is 17.5 Å². The van der Waals surface area contributed by atoms with Crippen molar-refractivity contribution in [2.45, 2.75) is 32.8 Å². The van der Waals surface area contributed by atoms with Gasteiger partial charge in [-0.1, -0.05) is 6.07 Å². The van der Waals surface area contributed by atoms with Crippen LogP contribution in [-0.4, -0.2) is 47.1 Å². The fraction of sp³-hybridized carbons (Fsp3) is 0.529. The number of nitrogens with zero attached hydrogens (tertiary/aromatic N) is 2. The summed E-state index contributed by atoms with van der Waals surface area (Å²) in [7, 11) is 0. The largest absolute Gasteiger partial charge is 0.386 e. The van der Waals surface area contributed by atoms with Crippen molar-refractivity contribution in [2.75, 3.05) is 24.5 Å². The van der Waals surface area contributed by atoms with Gasteiger partial charge in [0.25, 0.3) is 0 Å². The van der Waals surface area contributed by atoms with E-state index in [2.05, 4.69) is 6.07 Å². The van der Waals surface area contributed by atoms with Crippen LogP contribution in [0.4, 0.5) is 5.69 Å². The van der Waals surface area contributed by atoms with Gasteiger partial charge in [-0.25, -0.2) is 0 Å². The van der Waals surface area contributed by atoms with Gasteiger partial charge in [0.1, 0.15) is 5.92 Å². The lowest BCUT2D eigenvalue weighted by molar-refractivity contribution is -0.158. The number of aryl methyl sites for hydroxylation is 2. The van der Waals surface area contributed by atoms with Crippen molar-refractivity contribution in [1.82, 2.24) is 4.90 Å². The fourth-order valence-electron chi connectivity index (χ4n) is 3.42. The highest BCUT2D eigenvalue weighted by Crippen LogP contribution is 2.30. The zero-order chi connectivity index (χ0) is 16.1. The van der Waals surface area contributed by atoms with Gasteiger partial charge in [-0.15, -0.1) is 0 Å². The Morgan fingerprint density at radius 3 is 2.36 bits per heavy atom. The smallest absolute Gasteiger partial charge is 0.239 e. The van der Waals surface area contributed by atoms with Crippen molar-refractivity contribution < 1.29 is 14.7 Å². The first kappa shape index (κ1) is 15.0. The third-order valence-corrected chi connectivity index (χ3v) is 4.40. The van der Waals surface area contributed by atoms with Crippen molar-refractivity contribution in [3.05, 3.63) is 29.3 Å². The molecule has 118 valence electrons. The molecule has 2 saturated heterocycles. The summed E-state index contributed by atoms with van der Waals surface area (Å²) >= 11 is 0. The molecule has 0 aromatic heterocycles. The van der Waals surface area contributed by atoms with Crippen LogP contribution in [0.1, 0.15) is 24.5 Å². The molecule has 5 nitrogen and oxygen atoms in total. The quantitative estimate of drug-likeness (QED) is 0.836. The molecular weight excluding hydrogens is 280 g/mol. The molecule has 1 aromatic carbocycles. The maximum absolute atomic E-state index is 12.6. The van der Waals surface area contributed by atoms with Gasteiger partial charge < -0.3 is 14.9 Å². The molecule has 0 spiro atoms. The second-order valence-corrected chi connectivity index (χ2v) is 6.87. The first-order valence-electron chi connectivity index (χ1n) is 7.68. The van der Waals surface area contributed by atoms with E-state index in [1.165, 1.54) is 0 Å². The number of hydrogen-bond acceptors (Lipinski definition) is 3. The first-order chi connectivity index (χ1) is 10.3. The summed E-state index contributed by atoms with van der Waals surface area (Å²) in [6.45, 7) is 6.92. The summed E-state index contributed by atoms with van der Waals surface area (Å²) in [5, 5.41) is 9.74. The molecule has 1 unspecified atom stereocenters. The van der Waals surface area contributed by atoms with E-state index < -0.39 is 11.5 Å². The van der Waals surface area contributed by atoms with Crippen molar-refractivity contribution in [3.8, 4) is 0 Å². The number of aliphatic hydroxyl groups is 1. The minimum Gasteiger partial charge on any atom is -0.386 e. The van der Waals surface area contributed by atoms with Gasteiger partial charge in [0.05, 0.1) is 18.7 Å². The molecule has 0 saturated carbocycles. The zero-order valence-corrected chi connectivity index (χ0v) is 13.3. The van der Waals surface area contributed by atoms with E-state index >= 15 is 0 Å². The van der Waals surface area contributed by atoms with Crippen LogP contribution in [0.3, 0.4) is 0 Å². The molecular formula is C17H22N2O3. The molecule has 2 aliphatic heterocycles. The van der Waals surface area contributed by atoms with E-state index in [0.29, 0.717) is 26.1 Å². The van der Waals surface area contributed by atoms with Gasteiger partial charge >= 0.3 is 0 Å². The Hall–Kier alpha value is -1.88. The number of benzene rings is 1. The standard InChI is InChI=1S/C17H22N2O3/c1-11-6-12(2)8-13(7-11)19-5-4-14(16(19)21)15(20)18-9-17(3,22)10-18/h6-8,14,22H,4-5,9-10H2,1-3H3. The second kappa shape index (κ2) is 5.09. The third-order valence-electron chi connectivity index (χ3n) is 4.40. The first-order valence-corrected chi connectivity index (χ1v) is 7.68. The zero-order valence-electron chi connectivity index (χ0n) is 13.3. The SMILES string of the molecule is Cc1cc(C)cc(N2CCC(C(=O)N3CC(C)(O)C3)C2=O)c1. The molecule has 1 aromatic rings. The number of likely N-dealkylation sites (tertiary alicyclic amines) is 1. The van der Waals surface area contributed by atoms with Gasteiger partial charge in [-0.05, 0) is 50.5 Å². The van der Waals surface area contributed by atoms with Crippen molar-refractivity contribution in [2.24, 2.45) is 5.92 Å². The molecule has 2 heterocycles. The Kier molecular flexibility index (Phi) is 3.48. The maximum atomic E-state index is 12.6. The van der Waals surface area contributed by atoms with E-state index in [1.54, 1.807) is 16.7 Å². The molecule has 2 aliphatic rings. The Morgan fingerprint density at radius 2 is 1.82 bits per heavy atom. The van der Waals surface area contributed by atoms with E-state index in [4.69, 9.17) is 0 Å². The lowest BCUT2D eigenvalue weighted by Crippen LogP contribution is -2.63. The average molecular weight is 302 g/mol. The van der Waals surface area contributed by atoms with Crippen LogP contribution in [0, 0.1) is 19.8 Å². The molecule has 2 amide bonds. The summed E-state index contributed by atoms with van der Waals surface area (Å²) in [5.41, 5.74) is 2.28.